The van der Waals surface area contributed by atoms with E-state index in [1.807, 2.05) is 4.90 Å². The van der Waals surface area contributed by atoms with Crippen LogP contribution in [0.5, 0.6) is 0 Å². The lowest BCUT2D eigenvalue weighted by Gasteiger charge is -2.33. The number of nitrogens with zero attached hydrogens (tertiary/aromatic N) is 5. The van der Waals surface area contributed by atoms with Gasteiger partial charge in [-0.2, -0.15) is 4.98 Å². The van der Waals surface area contributed by atoms with Crippen LogP contribution in [-0.4, -0.2) is 44.8 Å². The van der Waals surface area contributed by atoms with Crippen LogP contribution >= 0.6 is 11.6 Å². The molecule has 3 rings (SSSR count). The van der Waals surface area contributed by atoms with Crippen LogP contribution in [0, 0.1) is 0 Å². The van der Waals surface area contributed by atoms with Crippen LogP contribution in [0.4, 0.5) is 5.95 Å². The summed E-state index contributed by atoms with van der Waals surface area (Å²) in [7, 11) is 0. The Balaban J connectivity index is 1.93. The predicted octanol–water partition coefficient (Wildman–Crippen LogP) is 0.106. The molecule has 0 bridgehead atoms. The maximum absolute atomic E-state index is 5.95. The Kier molecular flexibility index (Phi) is 2.94. The molecular weight excluding hydrogens is 256 g/mol. The fourth-order valence-electron chi connectivity index (χ4n) is 1.82. The molecule has 0 saturated carbocycles. The molecule has 7 nitrogen and oxygen atoms in total. The summed E-state index contributed by atoms with van der Waals surface area (Å²) in [5.74, 6) is 0.535. The zero-order valence-corrected chi connectivity index (χ0v) is 10.2. The van der Waals surface area contributed by atoms with E-state index in [-0.39, 0.29) is 0 Å². The van der Waals surface area contributed by atoms with Crippen LogP contribution in [0.2, 0.25) is 0 Å². The maximum Gasteiger partial charge on any atom is 0.227 e. The molecule has 0 spiro atoms. The summed E-state index contributed by atoms with van der Waals surface area (Å²) in [5, 5.41) is 0. The van der Waals surface area contributed by atoms with E-state index in [9.17, 15) is 0 Å². The summed E-state index contributed by atoms with van der Waals surface area (Å²) in [5.41, 5.74) is 6.47. The minimum atomic E-state index is -0.463. The van der Waals surface area contributed by atoms with Gasteiger partial charge in [0.1, 0.15) is 11.7 Å². The number of alkyl halides is 1. The third-order valence-corrected chi connectivity index (χ3v) is 2.82. The van der Waals surface area contributed by atoms with Crippen LogP contribution in [0.25, 0.3) is 11.2 Å². The minimum Gasteiger partial charge on any atom is -0.341 e. The van der Waals surface area contributed by atoms with Gasteiger partial charge in [0.15, 0.2) is 11.2 Å². The molecule has 0 aromatic carbocycles. The number of hydrogen-bond donors (Lipinski definition) is 1. The molecule has 2 aromatic rings. The fourth-order valence-corrected chi connectivity index (χ4v) is 2.12. The van der Waals surface area contributed by atoms with Crippen molar-refractivity contribution in [3.8, 4) is 0 Å². The molecule has 2 N–H and O–H groups in total. The topological polar surface area (TPSA) is 90.1 Å². The highest BCUT2D eigenvalue weighted by atomic mass is 35.5. The molecule has 94 valence electrons. The SMILES string of the molecule is NC1CN(c2ncc3nccnc3n2)CC(Cl)O1. The van der Waals surface area contributed by atoms with E-state index in [0.717, 1.165) is 0 Å². The Labute approximate surface area is 108 Å². The van der Waals surface area contributed by atoms with Gasteiger partial charge in [0.05, 0.1) is 19.3 Å². The first-order chi connectivity index (χ1) is 8.72. The van der Waals surface area contributed by atoms with E-state index >= 15 is 0 Å². The number of halogens is 1. The second-order valence-electron chi connectivity index (χ2n) is 3.92. The first-order valence-corrected chi connectivity index (χ1v) is 5.90. The minimum absolute atomic E-state index is 0.442. The van der Waals surface area contributed by atoms with Gasteiger partial charge >= 0.3 is 0 Å². The van der Waals surface area contributed by atoms with Crippen molar-refractivity contribution in [2.24, 2.45) is 5.73 Å². The summed E-state index contributed by atoms with van der Waals surface area (Å²) in [4.78, 5) is 18.7. The maximum atomic E-state index is 5.95. The van der Waals surface area contributed by atoms with E-state index in [1.54, 1.807) is 18.6 Å². The monoisotopic (exact) mass is 266 g/mol. The van der Waals surface area contributed by atoms with Gasteiger partial charge in [0, 0.05) is 12.4 Å². The molecular formula is C10H11ClN6O. The highest BCUT2D eigenvalue weighted by Gasteiger charge is 2.25. The number of morpholine rings is 1. The van der Waals surface area contributed by atoms with E-state index in [4.69, 9.17) is 22.1 Å². The molecule has 0 aliphatic carbocycles. The molecule has 2 atom stereocenters. The molecule has 1 fully saturated rings. The van der Waals surface area contributed by atoms with Crippen LogP contribution in [0.15, 0.2) is 18.6 Å². The number of hydrogen-bond acceptors (Lipinski definition) is 7. The fraction of sp³-hybridized carbons (Fsp3) is 0.400. The first kappa shape index (κ1) is 11.5. The summed E-state index contributed by atoms with van der Waals surface area (Å²) in [6.07, 6.45) is 4.39. The highest BCUT2D eigenvalue weighted by Crippen LogP contribution is 2.17. The van der Waals surface area contributed by atoms with Crippen LogP contribution < -0.4 is 10.6 Å². The molecule has 3 heterocycles. The van der Waals surface area contributed by atoms with Crippen molar-refractivity contribution in [1.29, 1.82) is 0 Å². The van der Waals surface area contributed by atoms with E-state index in [0.29, 0.717) is 30.2 Å². The van der Waals surface area contributed by atoms with Crippen molar-refractivity contribution in [3.05, 3.63) is 18.6 Å². The number of rotatable bonds is 1. The Morgan fingerprint density at radius 3 is 2.94 bits per heavy atom. The number of ether oxygens (including phenoxy) is 1. The van der Waals surface area contributed by atoms with Gasteiger partial charge in [-0.3, -0.25) is 0 Å². The lowest BCUT2D eigenvalue weighted by atomic mass is 10.4. The Hall–Kier alpha value is -1.57. The second-order valence-corrected chi connectivity index (χ2v) is 4.41. The largest absolute Gasteiger partial charge is 0.341 e. The summed E-state index contributed by atoms with van der Waals surface area (Å²) < 4.78 is 5.24. The van der Waals surface area contributed by atoms with Crippen molar-refractivity contribution in [1.82, 2.24) is 19.9 Å². The van der Waals surface area contributed by atoms with E-state index in [2.05, 4.69) is 19.9 Å². The Morgan fingerprint density at radius 1 is 1.28 bits per heavy atom. The second kappa shape index (κ2) is 4.60. The molecule has 2 unspecified atom stereocenters. The normalized spacial score (nSPS) is 24.4. The summed E-state index contributed by atoms with van der Waals surface area (Å²) in [6, 6.07) is 0. The first-order valence-electron chi connectivity index (χ1n) is 5.46. The van der Waals surface area contributed by atoms with E-state index < -0.39 is 11.8 Å². The predicted molar refractivity (Wildman–Crippen MR) is 66.0 cm³/mol. The van der Waals surface area contributed by atoms with Crippen LogP contribution in [0.1, 0.15) is 0 Å². The molecule has 8 heteroatoms. The van der Waals surface area contributed by atoms with Gasteiger partial charge in [-0.25, -0.2) is 15.0 Å². The number of anilines is 1. The zero-order chi connectivity index (χ0) is 12.5. The van der Waals surface area contributed by atoms with Crippen molar-refractivity contribution in [3.63, 3.8) is 0 Å². The zero-order valence-electron chi connectivity index (χ0n) is 9.40. The highest BCUT2D eigenvalue weighted by molar-refractivity contribution is 6.20. The van der Waals surface area contributed by atoms with Crippen molar-refractivity contribution >= 4 is 28.7 Å². The third-order valence-electron chi connectivity index (χ3n) is 2.58. The molecule has 1 saturated heterocycles. The van der Waals surface area contributed by atoms with Gasteiger partial charge in [0.2, 0.25) is 5.95 Å². The quantitative estimate of drug-likeness (QED) is 0.733. The average molecular weight is 267 g/mol. The van der Waals surface area contributed by atoms with Gasteiger partial charge in [-0.05, 0) is 0 Å². The van der Waals surface area contributed by atoms with Crippen molar-refractivity contribution in [2.75, 3.05) is 18.0 Å². The van der Waals surface area contributed by atoms with Crippen LogP contribution in [-0.2, 0) is 4.74 Å². The average Bonchev–Trinajstić information content (AvgIpc) is 2.37. The molecule has 1 aliphatic rings. The van der Waals surface area contributed by atoms with Gasteiger partial charge < -0.3 is 15.4 Å². The van der Waals surface area contributed by atoms with E-state index in [1.165, 1.54) is 0 Å². The van der Waals surface area contributed by atoms with Gasteiger partial charge in [0.25, 0.3) is 0 Å². The summed E-state index contributed by atoms with van der Waals surface area (Å²) >= 11 is 5.95. The number of nitrogens with two attached hydrogens (primary N) is 1. The molecule has 0 radical (unpaired) electrons. The number of fused-ring (bicyclic) bond motifs is 1. The summed E-state index contributed by atoms with van der Waals surface area (Å²) in [6.45, 7) is 0.982. The van der Waals surface area contributed by atoms with Gasteiger partial charge in [-0.1, -0.05) is 11.6 Å². The molecule has 2 aromatic heterocycles. The molecule has 0 amide bonds. The van der Waals surface area contributed by atoms with Gasteiger partial charge in [-0.15, -0.1) is 0 Å². The smallest absolute Gasteiger partial charge is 0.227 e. The van der Waals surface area contributed by atoms with Crippen molar-refractivity contribution in [2.45, 2.75) is 11.8 Å². The van der Waals surface area contributed by atoms with Crippen molar-refractivity contribution < 1.29 is 4.74 Å². The standard InChI is InChI=1S/C10H11ClN6O/c11-7-4-17(5-8(12)18-7)10-15-3-6-9(16-10)14-2-1-13-6/h1-3,7-8H,4-5,12H2. The third kappa shape index (κ3) is 2.20. The lowest BCUT2D eigenvalue weighted by Crippen LogP contribution is -2.50. The Morgan fingerprint density at radius 2 is 2.11 bits per heavy atom. The molecule has 18 heavy (non-hydrogen) atoms. The number of aromatic nitrogens is 4. The van der Waals surface area contributed by atoms with Crippen LogP contribution in [0.3, 0.4) is 0 Å². The molecule has 1 aliphatic heterocycles. The Bertz CT molecular complexity index is 557. The lowest BCUT2D eigenvalue weighted by molar-refractivity contribution is 0.0204.